The Morgan fingerprint density at radius 3 is 2.29 bits per heavy atom. The molecule has 3 aromatic carbocycles. The number of sulfone groups is 1. The van der Waals surface area contributed by atoms with Crippen LogP contribution in [0.5, 0.6) is 0 Å². The predicted octanol–water partition coefficient (Wildman–Crippen LogP) is 4.73. The molecular weight excluding hydrogens is 573 g/mol. The van der Waals surface area contributed by atoms with E-state index in [0.29, 0.717) is 16.7 Å². The maximum atomic E-state index is 14.2. The highest BCUT2D eigenvalue weighted by atomic mass is 32.2. The number of aliphatic hydroxyl groups excluding tert-OH is 1. The fraction of sp³-hybridized carbons (Fsp3) is 0.333. The van der Waals surface area contributed by atoms with Gasteiger partial charge in [-0.3, -0.25) is 9.59 Å². The lowest BCUT2D eigenvalue weighted by molar-refractivity contribution is -0.281. The summed E-state index contributed by atoms with van der Waals surface area (Å²) in [5.74, 6) is -1.98. The van der Waals surface area contributed by atoms with Gasteiger partial charge in [0.15, 0.2) is 15.4 Å². The van der Waals surface area contributed by atoms with Crippen molar-refractivity contribution in [2.24, 2.45) is 5.92 Å². The van der Waals surface area contributed by atoms with Gasteiger partial charge in [0.25, 0.3) is 5.91 Å². The molecule has 1 heterocycles. The highest BCUT2D eigenvalue weighted by molar-refractivity contribution is 7.90. The van der Waals surface area contributed by atoms with Crippen LogP contribution >= 0.6 is 0 Å². The van der Waals surface area contributed by atoms with Crippen molar-refractivity contribution in [1.82, 2.24) is 4.90 Å². The highest BCUT2D eigenvalue weighted by Crippen LogP contribution is 2.43. The monoisotopic (exact) mass is 604 g/mol. The van der Waals surface area contributed by atoms with E-state index in [1.165, 1.54) is 54.3 Å². The van der Waals surface area contributed by atoms with Crippen molar-refractivity contribution >= 4 is 27.3 Å². The predicted molar refractivity (Wildman–Crippen MR) is 149 cm³/mol. The molecule has 0 radical (unpaired) electrons. The highest BCUT2D eigenvalue weighted by Gasteiger charge is 2.53. The van der Waals surface area contributed by atoms with E-state index in [1.54, 1.807) is 30.3 Å². The smallest absolute Gasteiger partial charge is 0.396 e. The number of amides is 2. The van der Waals surface area contributed by atoms with Crippen molar-refractivity contribution in [3.05, 3.63) is 95.1 Å². The first-order chi connectivity index (χ1) is 19.7. The van der Waals surface area contributed by atoms with E-state index in [2.05, 4.69) is 5.32 Å². The summed E-state index contributed by atoms with van der Waals surface area (Å²) in [5, 5.41) is 12.2. The average molecular weight is 605 g/mol. The Morgan fingerprint density at radius 1 is 1.07 bits per heavy atom. The molecular formula is C30H31F3N2O6S. The molecule has 1 aliphatic heterocycles. The molecule has 3 atom stereocenters. The van der Waals surface area contributed by atoms with Gasteiger partial charge in [-0.2, -0.15) is 13.2 Å². The summed E-state index contributed by atoms with van der Waals surface area (Å²) in [7, 11) is -3.55. The number of fused-ring (bicyclic) bond motifs is 1. The van der Waals surface area contributed by atoms with Gasteiger partial charge < -0.3 is 20.1 Å². The lowest BCUT2D eigenvalue weighted by Gasteiger charge is -2.33. The largest absolute Gasteiger partial charge is 0.421 e. The van der Waals surface area contributed by atoms with Crippen LogP contribution < -0.4 is 5.32 Å². The molecule has 2 amide bonds. The Kier molecular flexibility index (Phi) is 8.81. The van der Waals surface area contributed by atoms with Crippen molar-refractivity contribution in [3.8, 4) is 0 Å². The van der Waals surface area contributed by atoms with Crippen LogP contribution in [0.4, 0.5) is 18.9 Å². The maximum absolute atomic E-state index is 14.2. The summed E-state index contributed by atoms with van der Waals surface area (Å²) in [6.07, 6.45) is -3.69. The quantitative estimate of drug-likeness (QED) is 0.365. The summed E-state index contributed by atoms with van der Waals surface area (Å²) < 4.78 is 72.0. The number of carbonyl (C=O) groups excluding carboxylic acids is 2. The number of rotatable bonds is 9. The number of nitrogens with one attached hydrogen (secondary N) is 1. The molecule has 0 aliphatic carbocycles. The van der Waals surface area contributed by atoms with Gasteiger partial charge in [0, 0.05) is 18.5 Å². The van der Waals surface area contributed by atoms with Gasteiger partial charge in [0.2, 0.25) is 5.91 Å². The number of alkyl halides is 3. The third-order valence-electron chi connectivity index (χ3n) is 7.33. The molecule has 0 saturated carbocycles. The van der Waals surface area contributed by atoms with Gasteiger partial charge in [-0.25, -0.2) is 8.42 Å². The summed E-state index contributed by atoms with van der Waals surface area (Å²) in [6, 6.07) is 16.6. The molecule has 224 valence electrons. The number of carbonyl (C=O) groups is 2. The van der Waals surface area contributed by atoms with E-state index in [-0.39, 0.29) is 29.3 Å². The first-order valence-corrected chi connectivity index (χ1v) is 14.9. The Bertz CT molecular complexity index is 1560. The molecule has 0 bridgehead atoms. The SMILES string of the molecule is CC(CO)C(=O)N1Cc2cc(S(C)(=O)=O)ccc2C1C(=O)Nc1ccc(C(C)(OCc2ccccc2)C(F)(F)F)cc1. The molecule has 2 N–H and O–H groups in total. The summed E-state index contributed by atoms with van der Waals surface area (Å²) in [5.41, 5.74) is -1.17. The van der Waals surface area contributed by atoms with Gasteiger partial charge in [-0.15, -0.1) is 0 Å². The van der Waals surface area contributed by atoms with Crippen LogP contribution in [0.25, 0.3) is 0 Å². The zero-order chi connectivity index (χ0) is 30.9. The van der Waals surface area contributed by atoms with Crippen molar-refractivity contribution in [3.63, 3.8) is 0 Å². The van der Waals surface area contributed by atoms with Gasteiger partial charge in [0.1, 0.15) is 6.04 Å². The van der Waals surface area contributed by atoms with Gasteiger partial charge >= 0.3 is 6.18 Å². The number of aliphatic hydroxyl groups is 1. The van der Waals surface area contributed by atoms with Gasteiger partial charge in [0.05, 0.1) is 24.0 Å². The van der Waals surface area contributed by atoms with Crippen LogP contribution in [0.2, 0.25) is 0 Å². The second-order valence-corrected chi connectivity index (χ2v) is 12.5. The van der Waals surface area contributed by atoms with Crippen LogP contribution in [0.1, 0.15) is 42.1 Å². The molecule has 8 nitrogen and oxygen atoms in total. The lowest BCUT2D eigenvalue weighted by atomic mass is 9.94. The van der Waals surface area contributed by atoms with E-state index in [1.807, 2.05) is 0 Å². The van der Waals surface area contributed by atoms with E-state index in [9.17, 15) is 36.3 Å². The second-order valence-electron chi connectivity index (χ2n) is 10.5. The van der Waals surface area contributed by atoms with Crippen LogP contribution in [0.3, 0.4) is 0 Å². The number of hydrogen-bond acceptors (Lipinski definition) is 6. The number of nitrogens with zero attached hydrogens (tertiary/aromatic N) is 1. The van der Waals surface area contributed by atoms with E-state index in [4.69, 9.17) is 4.74 Å². The first kappa shape index (κ1) is 31.2. The summed E-state index contributed by atoms with van der Waals surface area (Å²) in [4.78, 5) is 27.8. The van der Waals surface area contributed by atoms with Crippen molar-refractivity contribution in [1.29, 1.82) is 0 Å². The third-order valence-corrected chi connectivity index (χ3v) is 8.44. The molecule has 0 fully saturated rings. The number of hydrogen-bond donors (Lipinski definition) is 2. The molecule has 0 saturated heterocycles. The van der Waals surface area contributed by atoms with E-state index in [0.717, 1.165) is 13.2 Å². The summed E-state index contributed by atoms with van der Waals surface area (Å²) >= 11 is 0. The number of ether oxygens (including phenoxy) is 1. The Labute approximate surface area is 242 Å². The van der Waals surface area contributed by atoms with Crippen molar-refractivity contribution in [2.75, 3.05) is 18.2 Å². The molecule has 1 aliphatic rings. The van der Waals surface area contributed by atoms with Crippen molar-refractivity contribution < 1.29 is 41.0 Å². The minimum atomic E-state index is -4.74. The number of anilines is 1. The molecule has 3 aromatic rings. The zero-order valence-electron chi connectivity index (χ0n) is 23.2. The van der Waals surface area contributed by atoms with Crippen molar-refractivity contribution in [2.45, 2.75) is 49.7 Å². The van der Waals surface area contributed by atoms with Gasteiger partial charge in [-0.05, 0) is 53.4 Å². The Morgan fingerprint density at radius 2 is 1.71 bits per heavy atom. The second kappa shape index (κ2) is 11.9. The number of benzene rings is 3. The van der Waals surface area contributed by atoms with Crippen LogP contribution in [0, 0.1) is 5.92 Å². The first-order valence-electron chi connectivity index (χ1n) is 13.1. The van der Waals surface area contributed by atoms with Gasteiger partial charge in [-0.1, -0.05) is 55.5 Å². The molecule has 0 spiro atoms. The summed E-state index contributed by atoms with van der Waals surface area (Å²) in [6.45, 7) is 1.66. The van der Waals surface area contributed by atoms with Crippen LogP contribution in [-0.4, -0.2) is 49.3 Å². The van der Waals surface area contributed by atoms with E-state index < -0.39 is 52.0 Å². The maximum Gasteiger partial charge on any atom is 0.421 e. The molecule has 4 rings (SSSR count). The van der Waals surface area contributed by atoms with Crippen LogP contribution in [0.15, 0.2) is 77.7 Å². The fourth-order valence-electron chi connectivity index (χ4n) is 4.72. The molecule has 3 unspecified atom stereocenters. The molecule has 0 aromatic heterocycles. The Balaban J connectivity index is 1.59. The molecule has 42 heavy (non-hydrogen) atoms. The molecule has 12 heteroatoms. The fourth-order valence-corrected chi connectivity index (χ4v) is 5.39. The van der Waals surface area contributed by atoms with Crippen LogP contribution in [-0.2, 0) is 42.9 Å². The normalized spacial score (nSPS) is 17.3. The minimum Gasteiger partial charge on any atom is -0.396 e. The standard InChI is InChI=1S/C30H31F3N2O6S/c1-19(17-36)28(38)35-16-21-15-24(42(3,39)40)13-14-25(21)26(35)27(37)34-23-11-9-22(10-12-23)29(2,30(31,32)33)41-18-20-7-5-4-6-8-20/h4-15,19,26,36H,16-18H2,1-3H3,(H,34,37). The zero-order valence-corrected chi connectivity index (χ0v) is 24.0. The number of halogens is 3. The lowest BCUT2D eigenvalue weighted by Crippen LogP contribution is -2.42. The topological polar surface area (TPSA) is 113 Å². The third kappa shape index (κ3) is 6.35. The minimum absolute atomic E-state index is 0.0303. The average Bonchev–Trinajstić information content (AvgIpc) is 3.34. The van der Waals surface area contributed by atoms with E-state index >= 15 is 0 Å². The Hall–Kier alpha value is -3.74.